The van der Waals surface area contributed by atoms with Crippen molar-refractivity contribution in [3.05, 3.63) is 48.2 Å². The molecule has 1 fully saturated rings. The number of benzene rings is 1. The number of piperidine rings is 1. The minimum Gasteiger partial charge on any atom is -0.497 e. The fourth-order valence-electron chi connectivity index (χ4n) is 6.64. The van der Waals surface area contributed by atoms with Crippen LogP contribution in [0, 0.1) is 11.8 Å². The van der Waals surface area contributed by atoms with Gasteiger partial charge in [0, 0.05) is 74.1 Å². The van der Waals surface area contributed by atoms with Gasteiger partial charge >= 0.3 is 0 Å². The van der Waals surface area contributed by atoms with Crippen molar-refractivity contribution >= 4 is 28.6 Å². The largest absolute Gasteiger partial charge is 0.497 e. The fraction of sp³-hybridized carbons (Fsp3) is 0.533. The lowest BCUT2D eigenvalue weighted by Gasteiger charge is -2.54. The molecule has 10 heteroatoms. The van der Waals surface area contributed by atoms with Crippen molar-refractivity contribution in [1.29, 1.82) is 0 Å². The van der Waals surface area contributed by atoms with Gasteiger partial charge in [-0.25, -0.2) is 4.98 Å². The average Bonchev–Trinajstić information content (AvgIpc) is 3.61. The first-order valence-electron chi connectivity index (χ1n) is 14.3. The van der Waals surface area contributed by atoms with Crippen LogP contribution in [0.2, 0.25) is 0 Å². The van der Waals surface area contributed by atoms with E-state index < -0.39 is 17.4 Å². The third-order valence-corrected chi connectivity index (χ3v) is 8.86. The number of ether oxygens (including phenoxy) is 1. The first-order chi connectivity index (χ1) is 19.3. The van der Waals surface area contributed by atoms with E-state index in [0.717, 1.165) is 40.9 Å². The lowest BCUT2D eigenvalue weighted by atomic mass is 9.67. The zero-order valence-corrected chi connectivity index (χ0v) is 23.9. The van der Waals surface area contributed by atoms with Gasteiger partial charge in [0.15, 0.2) is 0 Å². The van der Waals surface area contributed by atoms with Gasteiger partial charge in [0.05, 0.1) is 24.9 Å². The second-order valence-corrected chi connectivity index (χ2v) is 11.0. The van der Waals surface area contributed by atoms with Gasteiger partial charge in [0.2, 0.25) is 17.7 Å². The first kappa shape index (κ1) is 27.7. The number of aromatic amines is 1. The van der Waals surface area contributed by atoms with Gasteiger partial charge in [-0.15, -0.1) is 0 Å². The highest BCUT2D eigenvalue weighted by Crippen LogP contribution is 2.50. The Hall–Kier alpha value is -3.82. The van der Waals surface area contributed by atoms with E-state index in [-0.39, 0.29) is 24.1 Å². The van der Waals surface area contributed by atoms with Gasteiger partial charge < -0.3 is 29.4 Å². The number of hydrogen-bond donors (Lipinski definition) is 2. The third kappa shape index (κ3) is 4.84. The summed E-state index contributed by atoms with van der Waals surface area (Å²) >= 11 is 0. The predicted octanol–water partition coefficient (Wildman–Crippen LogP) is 3.07. The lowest BCUT2D eigenvalue weighted by Crippen LogP contribution is -2.64. The molecular weight excluding hydrogens is 508 g/mol. The zero-order chi connectivity index (χ0) is 28.4. The number of rotatable bonds is 10. The topological polar surface area (TPSA) is 113 Å². The summed E-state index contributed by atoms with van der Waals surface area (Å²) in [6, 6.07) is 5.93. The second kappa shape index (κ2) is 11.3. The van der Waals surface area contributed by atoms with Gasteiger partial charge in [0.1, 0.15) is 5.75 Å². The SMILES string of the molecule is CCN(CC)C(=O)[C@H]1CC(CC(=O)NCCCn2ccnc2)C(=O)N2CCc3c([nH]c4ccc(OC)cc34)[C@]12C. The Morgan fingerprint density at radius 1 is 1.27 bits per heavy atom. The molecule has 0 spiro atoms. The molecule has 0 bridgehead atoms. The zero-order valence-electron chi connectivity index (χ0n) is 23.9. The van der Waals surface area contributed by atoms with Crippen molar-refractivity contribution in [1.82, 2.24) is 29.7 Å². The number of carbonyl (C=O) groups excluding carboxylic acids is 3. The molecule has 3 atom stereocenters. The van der Waals surface area contributed by atoms with Crippen LogP contribution in [-0.4, -0.2) is 75.3 Å². The van der Waals surface area contributed by atoms with E-state index in [4.69, 9.17) is 4.74 Å². The summed E-state index contributed by atoms with van der Waals surface area (Å²) in [5.41, 5.74) is 2.18. The molecule has 2 N–H and O–H groups in total. The monoisotopic (exact) mass is 548 g/mol. The summed E-state index contributed by atoms with van der Waals surface area (Å²) in [7, 11) is 1.65. The minimum atomic E-state index is -0.839. The highest BCUT2D eigenvalue weighted by Gasteiger charge is 2.57. The van der Waals surface area contributed by atoms with Crippen molar-refractivity contribution in [2.75, 3.05) is 33.3 Å². The highest BCUT2D eigenvalue weighted by atomic mass is 16.5. The molecule has 1 aromatic carbocycles. The molecule has 3 amide bonds. The predicted molar refractivity (Wildman–Crippen MR) is 152 cm³/mol. The average molecular weight is 549 g/mol. The number of aromatic nitrogens is 3. The Labute approximate surface area is 235 Å². The minimum absolute atomic E-state index is 0.0276. The van der Waals surface area contributed by atoms with E-state index in [2.05, 4.69) is 15.3 Å². The molecule has 0 radical (unpaired) electrons. The molecule has 10 nitrogen and oxygen atoms in total. The number of methoxy groups -OCH3 is 1. The van der Waals surface area contributed by atoms with Crippen LogP contribution in [0.5, 0.6) is 5.75 Å². The van der Waals surface area contributed by atoms with Crippen LogP contribution in [0.1, 0.15) is 51.3 Å². The van der Waals surface area contributed by atoms with Crippen molar-refractivity contribution in [3.8, 4) is 5.75 Å². The van der Waals surface area contributed by atoms with Crippen molar-refractivity contribution in [3.63, 3.8) is 0 Å². The van der Waals surface area contributed by atoms with Crippen LogP contribution in [-0.2, 0) is 32.9 Å². The summed E-state index contributed by atoms with van der Waals surface area (Å²) in [6.07, 6.45) is 7.22. The maximum absolute atomic E-state index is 14.1. The smallest absolute Gasteiger partial charge is 0.228 e. The summed E-state index contributed by atoms with van der Waals surface area (Å²) < 4.78 is 7.44. The van der Waals surface area contributed by atoms with Gasteiger partial charge in [-0.3, -0.25) is 14.4 Å². The Bertz CT molecular complexity index is 1380. The Kier molecular flexibility index (Phi) is 7.87. The Balaban J connectivity index is 1.41. The van der Waals surface area contributed by atoms with Crippen LogP contribution < -0.4 is 10.1 Å². The summed E-state index contributed by atoms with van der Waals surface area (Å²) in [5.74, 6) is -0.428. The van der Waals surface area contributed by atoms with Crippen LogP contribution in [0.3, 0.4) is 0 Å². The van der Waals surface area contributed by atoms with E-state index in [1.165, 1.54) is 0 Å². The molecule has 40 heavy (non-hydrogen) atoms. The van der Waals surface area contributed by atoms with Crippen molar-refractivity contribution in [2.24, 2.45) is 11.8 Å². The normalized spacial score (nSPS) is 22.1. The van der Waals surface area contributed by atoms with Crippen LogP contribution in [0.4, 0.5) is 0 Å². The molecule has 2 aliphatic rings. The number of nitrogens with zero attached hydrogens (tertiary/aromatic N) is 4. The summed E-state index contributed by atoms with van der Waals surface area (Å²) in [6.45, 7) is 8.93. The number of carbonyl (C=O) groups is 3. The lowest BCUT2D eigenvalue weighted by molar-refractivity contribution is -0.164. The molecule has 1 unspecified atom stereocenters. The number of H-pyrrole nitrogens is 1. The molecule has 1 saturated heterocycles. The van der Waals surface area contributed by atoms with Crippen LogP contribution in [0.25, 0.3) is 10.9 Å². The Morgan fingerprint density at radius 3 is 2.77 bits per heavy atom. The number of nitrogens with one attached hydrogen (secondary N) is 2. The molecule has 5 rings (SSSR count). The first-order valence-corrected chi connectivity index (χ1v) is 14.3. The highest BCUT2D eigenvalue weighted by molar-refractivity contribution is 5.93. The third-order valence-electron chi connectivity index (χ3n) is 8.86. The van der Waals surface area contributed by atoms with E-state index >= 15 is 0 Å². The van der Waals surface area contributed by atoms with Crippen LogP contribution >= 0.6 is 0 Å². The number of hydrogen-bond acceptors (Lipinski definition) is 5. The standard InChI is InChI=1S/C30H40N6O4/c1-5-35(6-2)29(39)24-16-20(17-26(37)32-11-7-13-34-15-12-31-19-34)28(38)36-14-10-22-23-18-21(40-4)8-9-25(23)33-27(22)30(24,36)3/h8-9,12,15,18-20,24,33H,5-7,10-11,13-14,16-17H2,1-4H3,(H,32,37)/t20?,24-,30+/m1/s1. The summed E-state index contributed by atoms with van der Waals surface area (Å²) in [4.78, 5) is 52.3. The maximum Gasteiger partial charge on any atom is 0.228 e. The van der Waals surface area contributed by atoms with Crippen molar-refractivity contribution in [2.45, 2.75) is 58.5 Å². The van der Waals surface area contributed by atoms with Gasteiger partial charge in [-0.2, -0.15) is 0 Å². The molecular formula is C30H40N6O4. The molecule has 0 aliphatic carbocycles. The molecule has 2 aromatic heterocycles. The number of amides is 3. The maximum atomic E-state index is 14.1. The molecule has 3 aromatic rings. The van der Waals surface area contributed by atoms with Gasteiger partial charge in [0.25, 0.3) is 0 Å². The van der Waals surface area contributed by atoms with E-state index in [9.17, 15) is 14.4 Å². The second-order valence-electron chi connectivity index (χ2n) is 11.0. The number of imidazole rings is 1. The molecule has 214 valence electrons. The van der Waals surface area contributed by atoms with E-state index in [0.29, 0.717) is 39.0 Å². The van der Waals surface area contributed by atoms with Crippen LogP contribution in [0.15, 0.2) is 36.9 Å². The van der Waals surface area contributed by atoms with E-state index in [1.54, 1.807) is 19.6 Å². The van der Waals surface area contributed by atoms with Gasteiger partial charge in [-0.1, -0.05) is 0 Å². The molecule has 4 heterocycles. The van der Waals surface area contributed by atoms with E-state index in [1.807, 2.05) is 59.5 Å². The van der Waals surface area contributed by atoms with Crippen molar-refractivity contribution < 1.29 is 19.1 Å². The number of aryl methyl sites for hydroxylation is 1. The van der Waals surface area contributed by atoms with Gasteiger partial charge in [-0.05, 0) is 63.8 Å². The fourth-order valence-corrected chi connectivity index (χ4v) is 6.64. The quantitative estimate of drug-likeness (QED) is 0.378. The molecule has 0 saturated carbocycles. The summed E-state index contributed by atoms with van der Waals surface area (Å²) in [5, 5.41) is 4.03. The Morgan fingerprint density at radius 2 is 2.08 bits per heavy atom. The molecule has 2 aliphatic heterocycles. The number of fused-ring (bicyclic) bond motifs is 5.